The summed E-state index contributed by atoms with van der Waals surface area (Å²) in [5, 5.41) is 24.5. The normalized spacial score (nSPS) is 14.1. The van der Waals surface area contributed by atoms with Gasteiger partial charge in [-0.05, 0) is 50.3 Å². The van der Waals surface area contributed by atoms with Crippen molar-refractivity contribution in [1.29, 1.82) is 0 Å². The topological polar surface area (TPSA) is 90.6 Å². The molecule has 0 unspecified atom stereocenters. The Balaban J connectivity index is 1.69. The Morgan fingerprint density at radius 1 is 1.20 bits per heavy atom. The molecule has 0 saturated heterocycles. The van der Waals surface area contributed by atoms with E-state index in [2.05, 4.69) is 20.5 Å². The highest BCUT2D eigenvalue weighted by atomic mass is 32.1. The summed E-state index contributed by atoms with van der Waals surface area (Å²) in [6, 6.07) is 4.39. The molecule has 0 radical (unpaired) electrons. The zero-order valence-electron chi connectivity index (χ0n) is 13.8. The summed E-state index contributed by atoms with van der Waals surface area (Å²) >= 11 is 1.75. The number of fused-ring (bicyclic) bond motifs is 3. The van der Waals surface area contributed by atoms with Crippen LogP contribution >= 0.6 is 11.3 Å². The van der Waals surface area contributed by atoms with Crippen LogP contribution in [0.15, 0.2) is 23.3 Å². The minimum atomic E-state index is -0.0255. The van der Waals surface area contributed by atoms with E-state index >= 15 is 0 Å². The third-order valence-corrected chi connectivity index (χ3v) is 5.50. The molecule has 0 atom stereocenters. The molecule has 0 fully saturated rings. The van der Waals surface area contributed by atoms with Crippen molar-refractivity contribution in [3.05, 3.63) is 40.0 Å². The molecule has 4 rings (SSSR count). The Morgan fingerprint density at radius 2 is 2.04 bits per heavy atom. The molecular weight excluding hydrogens is 336 g/mol. The summed E-state index contributed by atoms with van der Waals surface area (Å²) in [6.07, 6.45) is 6.10. The van der Waals surface area contributed by atoms with Crippen LogP contribution in [0, 0.1) is 6.92 Å². The van der Waals surface area contributed by atoms with Crippen molar-refractivity contribution in [3.8, 4) is 11.5 Å². The van der Waals surface area contributed by atoms with Crippen molar-refractivity contribution in [3.63, 3.8) is 0 Å². The molecule has 0 spiro atoms. The predicted octanol–water partition coefficient (Wildman–Crippen LogP) is 3.74. The Morgan fingerprint density at radius 3 is 2.88 bits per heavy atom. The van der Waals surface area contributed by atoms with E-state index in [0.29, 0.717) is 17.2 Å². The van der Waals surface area contributed by atoms with Crippen LogP contribution < -0.4 is 5.43 Å². The third-order valence-electron chi connectivity index (χ3n) is 4.31. The summed E-state index contributed by atoms with van der Waals surface area (Å²) in [5.74, 6) is 1.40. The average Bonchev–Trinajstić information content (AvgIpc) is 2.94. The average molecular weight is 354 g/mol. The first-order chi connectivity index (χ1) is 12.1. The minimum absolute atomic E-state index is 0.0145. The molecule has 3 N–H and O–H groups in total. The van der Waals surface area contributed by atoms with Gasteiger partial charge in [0.05, 0.1) is 11.6 Å². The standard InChI is InChI=1S/C18H18N4O2S/c1-10-20-17(22-19-9-11-6-7-12(23)8-14(11)24)16-13-4-2-3-5-15(13)25-18(16)21-10/h6-9,23-24H,2-5H2,1H3,(H,20,21,22)/b19-9+. The lowest BCUT2D eigenvalue weighted by Gasteiger charge is -2.11. The number of aromatic hydroxyl groups is 2. The second-order valence-corrected chi connectivity index (χ2v) is 7.21. The molecule has 1 aliphatic rings. The van der Waals surface area contributed by atoms with E-state index in [1.807, 2.05) is 6.92 Å². The maximum absolute atomic E-state index is 9.83. The van der Waals surface area contributed by atoms with Crippen LogP contribution in [0.3, 0.4) is 0 Å². The van der Waals surface area contributed by atoms with Crippen LogP contribution in [-0.2, 0) is 12.8 Å². The van der Waals surface area contributed by atoms with Gasteiger partial charge in [0.2, 0.25) is 0 Å². The smallest absolute Gasteiger partial charge is 0.158 e. The van der Waals surface area contributed by atoms with E-state index in [4.69, 9.17) is 0 Å². The first kappa shape index (κ1) is 15.8. The zero-order valence-corrected chi connectivity index (χ0v) is 14.6. The maximum Gasteiger partial charge on any atom is 0.158 e. The summed E-state index contributed by atoms with van der Waals surface area (Å²) in [4.78, 5) is 11.5. The van der Waals surface area contributed by atoms with Crippen molar-refractivity contribution < 1.29 is 10.2 Å². The lowest BCUT2D eigenvalue weighted by Crippen LogP contribution is -2.02. The first-order valence-corrected chi connectivity index (χ1v) is 9.03. The molecule has 7 heteroatoms. The zero-order chi connectivity index (χ0) is 17.4. The summed E-state index contributed by atoms with van der Waals surface area (Å²) < 4.78 is 0. The molecule has 3 aromatic rings. The van der Waals surface area contributed by atoms with Crippen LogP contribution in [0.2, 0.25) is 0 Å². The molecule has 6 nitrogen and oxygen atoms in total. The number of phenols is 2. The van der Waals surface area contributed by atoms with Gasteiger partial charge in [0.1, 0.15) is 22.2 Å². The number of rotatable bonds is 3. The fraction of sp³-hybridized carbons (Fsp3) is 0.278. The van der Waals surface area contributed by atoms with Crippen molar-refractivity contribution in [2.45, 2.75) is 32.6 Å². The monoisotopic (exact) mass is 354 g/mol. The molecule has 1 aromatic carbocycles. The van der Waals surface area contributed by atoms with Crippen LogP contribution in [0.25, 0.3) is 10.2 Å². The molecule has 0 amide bonds. The number of anilines is 1. The van der Waals surface area contributed by atoms with E-state index in [0.717, 1.165) is 23.1 Å². The third kappa shape index (κ3) is 3.02. The molecule has 0 bridgehead atoms. The number of nitrogens with zero attached hydrogens (tertiary/aromatic N) is 3. The number of thiophene rings is 1. The summed E-state index contributed by atoms with van der Waals surface area (Å²) in [7, 11) is 0. The quantitative estimate of drug-likeness (QED) is 0.492. The molecule has 1 aliphatic carbocycles. The molecule has 128 valence electrons. The van der Waals surface area contributed by atoms with Gasteiger partial charge in [0.25, 0.3) is 0 Å². The van der Waals surface area contributed by atoms with E-state index in [9.17, 15) is 10.2 Å². The van der Waals surface area contributed by atoms with Crippen molar-refractivity contribution in [1.82, 2.24) is 9.97 Å². The van der Waals surface area contributed by atoms with E-state index in [1.54, 1.807) is 17.4 Å². The van der Waals surface area contributed by atoms with Crippen molar-refractivity contribution >= 4 is 33.6 Å². The number of hydrogen-bond donors (Lipinski definition) is 3. The Bertz CT molecular complexity index is 981. The predicted molar refractivity (Wildman–Crippen MR) is 99.8 cm³/mol. The molecular formula is C18H18N4O2S. The molecule has 0 saturated carbocycles. The van der Waals surface area contributed by atoms with Crippen LogP contribution in [0.4, 0.5) is 5.82 Å². The molecule has 2 aromatic heterocycles. The highest BCUT2D eigenvalue weighted by Gasteiger charge is 2.20. The fourth-order valence-electron chi connectivity index (χ4n) is 3.15. The van der Waals surface area contributed by atoms with Crippen LogP contribution in [0.1, 0.15) is 34.7 Å². The van der Waals surface area contributed by atoms with E-state index < -0.39 is 0 Å². The SMILES string of the molecule is Cc1nc(N/N=C/c2ccc(O)cc2O)c2c3c(sc2n1)CCCC3. The van der Waals surface area contributed by atoms with Crippen LogP contribution in [-0.4, -0.2) is 26.4 Å². The Hall–Kier alpha value is -2.67. The largest absolute Gasteiger partial charge is 0.508 e. The van der Waals surface area contributed by atoms with Crippen LogP contribution in [0.5, 0.6) is 11.5 Å². The van der Waals surface area contributed by atoms with Gasteiger partial charge in [0.15, 0.2) is 5.82 Å². The highest BCUT2D eigenvalue weighted by Crippen LogP contribution is 2.38. The van der Waals surface area contributed by atoms with Gasteiger partial charge in [-0.25, -0.2) is 9.97 Å². The summed E-state index contributed by atoms with van der Waals surface area (Å²) in [6.45, 7) is 1.87. The van der Waals surface area contributed by atoms with Gasteiger partial charge in [-0.2, -0.15) is 5.10 Å². The first-order valence-electron chi connectivity index (χ1n) is 8.22. The van der Waals surface area contributed by atoms with Crippen molar-refractivity contribution in [2.75, 3.05) is 5.43 Å². The van der Waals surface area contributed by atoms with Gasteiger partial charge >= 0.3 is 0 Å². The second kappa shape index (κ2) is 6.33. The number of aryl methyl sites for hydroxylation is 3. The van der Waals surface area contributed by atoms with Gasteiger partial charge in [-0.15, -0.1) is 11.3 Å². The number of phenolic OH excluding ortho intramolecular Hbond substituents is 2. The Kier molecular flexibility index (Phi) is 4.01. The molecule has 25 heavy (non-hydrogen) atoms. The highest BCUT2D eigenvalue weighted by molar-refractivity contribution is 7.19. The Labute approximate surface area is 148 Å². The molecule has 0 aliphatic heterocycles. The minimum Gasteiger partial charge on any atom is -0.508 e. The lowest BCUT2D eigenvalue weighted by molar-refractivity contribution is 0.450. The van der Waals surface area contributed by atoms with Gasteiger partial charge in [0, 0.05) is 16.5 Å². The number of hydrazone groups is 1. The maximum atomic E-state index is 9.83. The van der Waals surface area contributed by atoms with Gasteiger partial charge < -0.3 is 10.2 Å². The van der Waals surface area contributed by atoms with E-state index in [1.165, 1.54) is 41.6 Å². The summed E-state index contributed by atoms with van der Waals surface area (Å²) in [5.41, 5.74) is 4.86. The lowest BCUT2D eigenvalue weighted by atomic mass is 9.97. The number of aromatic nitrogens is 2. The molecule has 2 heterocycles. The number of hydrogen-bond acceptors (Lipinski definition) is 7. The second-order valence-electron chi connectivity index (χ2n) is 6.12. The number of nitrogens with one attached hydrogen (secondary N) is 1. The van der Waals surface area contributed by atoms with Gasteiger partial charge in [-0.3, -0.25) is 5.43 Å². The van der Waals surface area contributed by atoms with Crippen molar-refractivity contribution in [2.24, 2.45) is 5.10 Å². The van der Waals surface area contributed by atoms with Gasteiger partial charge in [-0.1, -0.05) is 0 Å². The van der Waals surface area contributed by atoms with E-state index in [-0.39, 0.29) is 11.5 Å². The fourth-order valence-corrected chi connectivity index (χ4v) is 4.46. The number of benzene rings is 1.